The van der Waals surface area contributed by atoms with Gasteiger partial charge in [0.2, 0.25) is 11.8 Å². The third kappa shape index (κ3) is 6.82. The summed E-state index contributed by atoms with van der Waals surface area (Å²) in [5, 5.41) is 3.08. The van der Waals surface area contributed by atoms with Gasteiger partial charge in [0.05, 0.1) is 10.6 Å². The number of anilines is 1. The molecule has 0 aromatic heterocycles. The maximum absolute atomic E-state index is 13.9. The van der Waals surface area contributed by atoms with Crippen molar-refractivity contribution in [3.63, 3.8) is 0 Å². The quantitative estimate of drug-likeness (QED) is 0.351. The van der Waals surface area contributed by atoms with Gasteiger partial charge < -0.3 is 10.2 Å². The Bertz CT molecular complexity index is 1330. The molecule has 0 spiro atoms. The van der Waals surface area contributed by atoms with Gasteiger partial charge in [0.25, 0.3) is 10.0 Å². The van der Waals surface area contributed by atoms with Crippen LogP contribution in [0.5, 0.6) is 0 Å². The molecule has 3 aromatic rings. The Labute approximate surface area is 233 Å². The van der Waals surface area contributed by atoms with E-state index in [0.717, 1.165) is 40.0 Å². The summed E-state index contributed by atoms with van der Waals surface area (Å²) < 4.78 is 29.4. The van der Waals surface area contributed by atoms with Crippen molar-refractivity contribution in [1.29, 1.82) is 0 Å². The van der Waals surface area contributed by atoms with Crippen LogP contribution in [-0.4, -0.2) is 43.8 Å². The first-order chi connectivity index (χ1) is 18.3. The molecule has 38 heavy (non-hydrogen) atoms. The molecule has 1 aliphatic rings. The van der Waals surface area contributed by atoms with Crippen LogP contribution >= 0.6 is 15.9 Å². The maximum atomic E-state index is 13.9. The van der Waals surface area contributed by atoms with Crippen molar-refractivity contribution < 1.29 is 18.0 Å². The molecule has 0 saturated heterocycles. The Morgan fingerprint density at radius 3 is 2.11 bits per heavy atom. The van der Waals surface area contributed by atoms with Crippen LogP contribution in [0, 0.1) is 0 Å². The van der Waals surface area contributed by atoms with E-state index in [2.05, 4.69) is 21.2 Å². The number of amides is 2. The van der Waals surface area contributed by atoms with Gasteiger partial charge in [-0.2, -0.15) is 0 Å². The molecule has 3 aromatic carbocycles. The fourth-order valence-electron chi connectivity index (χ4n) is 4.60. The third-order valence-electron chi connectivity index (χ3n) is 6.79. The van der Waals surface area contributed by atoms with Crippen molar-refractivity contribution in [1.82, 2.24) is 10.2 Å². The van der Waals surface area contributed by atoms with Gasteiger partial charge in [-0.15, -0.1) is 0 Å². The highest BCUT2D eigenvalue weighted by atomic mass is 79.9. The highest BCUT2D eigenvalue weighted by molar-refractivity contribution is 9.10. The van der Waals surface area contributed by atoms with Gasteiger partial charge in [-0.25, -0.2) is 8.42 Å². The van der Waals surface area contributed by atoms with Crippen molar-refractivity contribution in [2.24, 2.45) is 0 Å². The number of hydrogen-bond donors (Lipinski definition) is 1. The van der Waals surface area contributed by atoms with Crippen LogP contribution in [0.25, 0.3) is 0 Å². The van der Waals surface area contributed by atoms with Crippen molar-refractivity contribution in [3.05, 3.63) is 95.0 Å². The molecule has 1 atom stereocenters. The van der Waals surface area contributed by atoms with Crippen molar-refractivity contribution >= 4 is 43.5 Å². The molecule has 200 valence electrons. The molecule has 4 rings (SSSR count). The number of carbonyl (C=O) groups is 2. The predicted molar refractivity (Wildman–Crippen MR) is 152 cm³/mol. The minimum Gasteiger partial charge on any atom is -0.352 e. The van der Waals surface area contributed by atoms with Crippen LogP contribution < -0.4 is 9.62 Å². The minimum absolute atomic E-state index is 0.0862. The lowest BCUT2D eigenvalue weighted by atomic mass is 10.1. The largest absolute Gasteiger partial charge is 0.352 e. The first-order valence-electron chi connectivity index (χ1n) is 12.7. The zero-order valence-electron chi connectivity index (χ0n) is 21.3. The molecule has 9 heteroatoms. The van der Waals surface area contributed by atoms with Gasteiger partial charge in [-0.3, -0.25) is 13.9 Å². The van der Waals surface area contributed by atoms with Crippen LogP contribution in [0.1, 0.15) is 38.2 Å². The molecule has 0 radical (unpaired) electrons. The minimum atomic E-state index is -4.05. The van der Waals surface area contributed by atoms with E-state index in [1.165, 1.54) is 17.0 Å². The number of hydrogen-bond acceptors (Lipinski definition) is 4. The first-order valence-corrected chi connectivity index (χ1v) is 15.0. The van der Waals surface area contributed by atoms with Crippen LogP contribution in [0.15, 0.2) is 94.3 Å². The van der Waals surface area contributed by atoms with E-state index in [0.29, 0.717) is 5.69 Å². The monoisotopic (exact) mass is 597 g/mol. The predicted octanol–water partition coefficient (Wildman–Crippen LogP) is 5.12. The topological polar surface area (TPSA) is 86.8 Å². The lowest BCUT2D eigenvalue weighted by molar-refractivity contribution is -0.139. The fraction of sp³-hybridized carbons (Fsp3) is 0.310. The van der Waals surface area contributed by atoms with Gasteiger partial charge in [-0.05, 0) is 61.7 Å². The zero-order valence-corrected chi connectivity index (χ0v) is 23.7. The second kappa shape index (κ2) is 12.6. The second-order valence-corrected chi connectivity index (χ2v) is 12.3. The van der Waals surface area contributed by atoms with Gasteiger partial charge >= 0.3 is 0 Å². The molecule has 1 N–H and O–H groups in total. The molecule has 0 bridgehead atoms. The van der Waals surface area contributed by atoms with E-state index in [1.54, 1.807) is 55.5 Å². The highest BCUT2D eigenvalue weighted by Crippen LogP contribution is 2.25. The molecule has 2 amide bonds. The Kier molecular flexibility index (Phi) is 9.22. The zero-order chi connectivity index (χ0) is 27.1. The third-order valence-corrected chi connectivity index (χ3v) is 9.11. The van der Waals surface area contributed by atoms with E-state index >= 15 is 0 Å². The molecule has 1 aliphatic carbocycles. The molecule has 7 nitrogen and oxygen atoms in total. The number of para-hydroxylation sites is 1. The molecule has 1 saturated carbocycles. The van der Waals surface area contributed by atoms with Gasteiger partial charge in [0, 0.05) is 17.1 Å². The van der Waals surface area contributed by atoms with Crippen LogP contribution in [0.3, 0.4) is 0 Å². The van der Waals surface area contributed by atoms with Gasteiger partial charge in [0.15, 0.2) is 0 Å². The van der Waals surface area contributed by atoms with E-state index in [1.807, 2.05) is 24.3 Å². The summed E-state index contributed by atoms with van der Waals surface area (Å²) in [4.78, 5) is 28.7. The summed E-state index contributed by atoms with van der Waals surface area (Å²) in [6.07, 6.45) is 4.00. The van der Waals surface area contributed by atoms with Crippen molar-refractivity contribution in [3.8, 4) is 0 Å². The standard InChI is InChI=1S/C29H32BrN3O4S/c1-22(29(35)31-25-10-8-9-11-25)32(20-23-16-18-24(30)19-17-23)28(34)21-33(26-12-4-2-5-13-26)38(36,37)27-14-6-3-7-15-27/h2-7,12-19,22,25H,8-11,20-21H2,1H3,(H,31,35)/t22-/m1/s1. The Morgan fingerprint density at radius 2 is 1.50 bits per heavy atom. The normalized spacial score (nSPS) is 14.6. The van der Waals surface area contributed by atoms with Crippen LogP contribution in [0.2, 0.25) is 0 Å². The van der Waals surface area contributed by atoms with Crippen molar-refractivity contribution in [2.45, 2.75) is 56.1 Å². The maximum Gasteiger partial charge on any atom is 0.264 e. The fourth-order valence-corrected chi connectivity index (χ4v) is 6.30. The second-order valence-electron chi connectivity index (χ2n) is 9.47. The van der Waals surface area contributed by atoms with E-state index in [-0.39, 0.29) is 23.4 Å². The van der Waals surface area contributed by atoms with E-state index < -0.39 is 28.5 Å². The summed E-state index contributed by atoms with van der Waals surface area (Å²) in [6, 6.07) is 23.4. The number of nitrogens with zero attached hydrogens (tertiary/aromatic N) is 2. The molecular weight excluding hydrogens is 566 g/mol. The number of halogens is 1. The van der Waals surface area contributed by atoms with Gasteiger partial charge in [-0.1, -0.05) is 77.3 Å². The number of carbonyl (C=O) groups excluding carboxylic acids is 2. The Hall–Kier alpha value is -3.17. The van der Waals surface area contributed by atoms with E-state index in [4.69, 9.17) is 0 Å². The van der Waals surface area contributed by atoms with Gasteiger partial charge in [0.1, 0.15) is 12.6 Å². The lowest BCUT2D eigenvalue weighted by Crippen LogP contribution is -2.52. The SMILES string of the molecule is C[C@H](C(=O)NC1CCCC1)N(Cc1ccc(Br)cc1)C(=O)CN(c1ccccc1)S(=O)(=O)c1ccccc1. The summed E-state index contributed by atoms with van der Waals surface area (Å²) >= 11 is 3.43. The number of nitrogens with one attached hydrogen (secondary N) is 1. The first kappa shape index (κ1) is 27.9. The number of benzene rings is 3. The Morgan fingerprint density at radius 1 is 0.921 bits per heavy atom. The summed E-state index contributed by atoms with van der Waals surface area (Å²) in [5.41, 5.74) is 1.20. The number of sulfonamides is 1. The van der Waals surface area contributed by atoms with Crippen LogP contribution in [-0.2, 0) is 26.2 Å². The highest BCUT2D eigenvalue weighted by Gasteiger charge is 2.33. The summed E-state index contributed by atoms with van der Waals surface area (Å²) in [7, 11) is -4.05. The summed E-state index contributed by atoms with van der Waals surface area (Å²) in [6.45, 7) is 1.41. The molecule has 0 aliphatic heterocycles. The summed E-state index contributed by atoms with van der Waals surface area (Å²) in [5.74, 6) is -0.704. The smallest absolute Gasteiger partial charge is 0.264 e. The Balaban J connectivity index is 1.65. The molecule has 0 heterocycles. The van der Waals surface area contributed by atoms with E-state index in [9.17, 15) is 18.0 Å². The van der Waals surface area contributed by atoms with Crippen LogP contribution in [0.4, 0.5) is 5.69 Å². The van der Waals surface area contributed by atoms with Crippen molar-refractivity contribution in [2.75, 3.05) is 10.8 Å². The average Bonchev–Trinajstić information content (AvgIpc) is 3.45. The number of rotatable bonds is 10. The average molecular weight is 599 g/mol. The molecule has 0 unspecified atom stereocenters. The lowest BCUT2D eigenvalue weighted by Gasteiger charge is -2.32. The molecule has 1 fully saturated rings. The molecular formula is C29H32BrN3O4S.